The summed E-state index contributed by atoms with van der Waals surface area (Å²) in [5, 5.41) is 53.2. The molecule has 5 N–H and O–H groups in total. The van der Waals surface area contributed by atoms with Crippen LogP contribution in [0.4, 0.5) is 10.2 Å². The minimum Gasteiger partial charge on any atom is -0.507 e. The topological polar surface area (TPSA) is 175 Å². The highest BCUT2D eigenvalue weighted by Gasteiger charge is 2.27. The fraction of sp³-hybridized carbons (Fsp3) is 0.200. The number of phenolic OH excluding ortho intramolecular Hbond substituents is 2. The maximum absolute atomic E-state index is 14.9. The summed E-state index contributed by atoms with van der Waals surface area (Å²) in [6.45, 7) is 1.81. The molecule has 47 heavy (non-hydrogen) atoms. The number of nitrogens with zero attached hydrogens (tertiary/aromatic N) is 4. The van der Waals surface area contributed by atoms with E-state index in [2.05, 4.69) is 16.4 Å². The maximum Gasteiger partial charge on any atom is 0.267 e. The zero-order valence-electron chi connectivity index (χ0n) is 25.4. The first-order valence-corrected chi connectivity index (χ1v) is 14.7. The van der Waals surface area contributed by atoms with E-state index in [0.29, 0.717) is 42.1 Å². The summed E-state index contributed by atoms with van der Waals surface area (Å²) in [4.78, 5) is 17.8. The zero-order valence-corrected chi connectivity index (χ0v) is 25.4. The van der Waals surface area contributed by atoms with Gasteiger partial charge in [-0.3, -0.25) is 10.0 Å². The van der Waals surface area contributed by atoms with Crippen molar-refractivity contribution in [2.45, 2.75) is 25.4 Å². The lowest BCUT2D eigenvalue weighted by atomic mass is 9.90. The number of aromatic hydroxyl groups is 2. The number of hydrogen-bond donors (Lipinski definition) is 5. The summed E-state index contributed by atoms with van der Waals surface area (Å²) in [7, 11) is 1.35. The van der Waals surface area contributed by atoms with Crippen molar-refractivity contribution < 1.29 is 29.3 Å². The second kappa shape index (κ2) is 14.4. The molecule has 1 aliphatic rings. The maximum atomic E-state index is 14.9. The summed E-state index contributed by atoms with van der Waals surface area (Å²) in [5.74, 6) is -1.38. The Balaban J connectivity index is 1.39. The molecular formula is C35H31FN6O5. The van der Waals surface area contributed by atoms with Crippen molar-refractivity contribution in [3.8, 4) is 51.6 Å². The van der Waals surface area contributed by atoms with Crippen LogP contribution in [0, 0.1) is 28.5 Å². The third kappa shape index (κ3) is 7.15. The van der Waals surface area contributed by atoms with E-state index in [1.807, 2.05) is 29.2 Å². The molecule has 1 fully saturated rings. The molecule has 2 heterocycles. The Bertz CT molecular complexity index is 1910. The second-order valence-electron chi connectivity index (χ2n) is 10.9. The summed E-state index contributed by atoms with van der Waals surface area (Å²) in [6.07, 6.45) is 5.85. The van der Waals surface area contributed by atoms with Crippen LogP contribution < -0.4 is 20.4 Å². The molecule has 11 nitrogen and oxygen atoms in total. The van der Waals surface area contributed by atoms with Crippen molar-refractivity contribution in [3.63, 3.8) is 0 Å². The predicted octanol–water partition coefficient (Wildman–Crippen LogP) is 5.00. The Hall–Kier alpha value is -5.95. The van der Waals surface area contributed by atoms with Crippen LogP contribution in [0.25, 0.3) is 28.3 Å². The lowest BCUT2D eigenvalue weighted by molar-refractivity contribution is -0.124. The molecule has 238 valence electrons. The molecule has 1 aliphatic heterocycles. The molecule has 3 aromatic carbocycles. The number of anilines is 1. The molecule has 12 heteroatoms. The minimum absolute atomic E-state index is 0.0534. The number of piperidine rings is 1. The molecule has 1 amide bonds. The molecule has 1 aromatic heterocycles. The fourth-order valence-corrected chi connectivity index (χ4v) is 5.56. The first kappa shape index (κ1) is 32.4. The van der Waals surface area contributed by atoms with E-state index in [1.165, 1.54) is 49.7 Å². The van der Waals surface area contributed by atoms with Gasteiger partial charge in [0.05, 0.1) is 12.7 Å². The van der Waals surface area contributed by atoms with Crippen molar-refractivity contribution in [1.29, 1.82) is 10.5 Å². The number of ether oxygens (including phenoxy) is 1. The number of halogens is 1. The number of amides is 1. The number of phenols is 2. The number of nitriles is 2. The third-order valence-electron chi connectivity index (χ3n) is 8.04. The van der Waals surface area contributed by atoms with Gasteiger partial charge in [-0.15, -0.1) is 0 Å². The number of rotatable bonds is 9. The van der Waals surface area contributed by atoms with E-state index in [9.17, 15) is 29.9 Å². The third-order valence-corrected chi connectivity index (χ3v) is 8.04. The van der Waals surface area contributed by atoms with Crippen LogP contribution in [0.1, 0.15) is 35.1 Å². The van der Waals surface area contributed by atoms with Crippen molar-refractivity contribution in [2.24, 2.45) is 0 Å². The first-order chi connectivity index (χ1) is 22.8. The fourth-order valence-electron chi connectivity index (χ4n) is 5.56. The van der Waals surface area contributed by atoms with Crippen LogP contribution in [-0.2, 0) is 11.3 Å². The van der Waals surface area contributed by atoms with Crippen molar-refractivity contribution in [3.05, 3.63) is 94.9 Å². The highest BCUT2D eigenvalue weighted by atomic mass is 19.1. The Morgan fingerprint density at radius 3 is 2.45 bits per heavy atom. The number of hydroxylamine groups is 1. The molecule has 0 spiro atoms. The first-order valence-electron chi connectivity index (χ1n) is 14.7. The highest BCUT2D eigenvalue weighted by Crippen LogP contribution is 2.45. The molecular weight excluding hydrogens is 603 g/mol. The average Bonchev–Trinajstić information content (AvgIpc) is 3.10. The number of carbonyl (C=O) groups is 1. The van der Waals surface area contributed by atoms with E-state index >= 15 is 0 Å². The van der Waals surface area contributed by atoms with Crippen LogP contribution in [0.3, 0.4) is 0 Å². The molecule has 5 rings (SSSR count). The van der Waals surface area contributed by atoms with Gasteiger partial charge in [0.15, 0.2) is 11.5 Å². The molecule has 0 unspecified atom stereocenters. The Morgan fingerprint density at radius 2 is 1.81 bits per heavy atom. The molecule has 0 atom stereocenters. The van der Waals surface area contributed by atoms with Gasteiger partial charge in [0.1, 0.15) is 35.1 Å². The smallest absolute Gasteiger partial charge is 0.267 e. The summed E-state index contributed by atoms with van der Waals surface area (Å²) in [6, 6.07) is 18.5. The zero-order chi connectivity index (χ0) is 33.5. The SMILES string of the molecule is COc1cc(O)c(-c2cnc(N3CCC(NCc4ccc(/C=C/C(=O)NO)cc4)CC3)c(C#N)c2-c2ccc(C#N)c(F)c2)cc1O. The van der Waals surface area contributed by atoms with Gasteiger partial charge in [-0.25, -0.2) is 14.9 Å². The van der Waals surface area contributed by atoms with Gasteiger partial charge in [-0.1, -0.05) is 30.3 Å². The molecule has 0 bridgehead atoms. The number of methoxy groups -OCH3 is 1. The van der Waals surface area contributed by atoms with E-state index in [1.54, 1.807) is 17.6 Å². The van der Waals surface area contributed by atoms with Crippen molar-refractivity contribution in [1.82, 2.24) is 15.8 Å². The average molecular weight is 635 g/mol. The van der Waals surface area contributed by atoms with E-state index in [4.69, 9.17) is 9.94 Å². The number of pyridine rings is 1. The number of hydrogen-bond acceptors (Lipinski definition) is 10. The number of nitrogens with one attached hydrogen (secondary N) is 2. The largest absolute Gasteiger partial charge is 0.507 e. The molecule has 4 aromatic rings. The van der Waals surface area contributed by atoms with Crippen LogP contribution in [0.2, 0.25) is 0 Å². The van der Waals surface area contributed by atoms with E-state index < -0.39 is 11.7 Å². The Labute approximate surface area is 270 Å². The van der Waals surface area contributed by atoms with E-state index in [0.717, 1.165) is 24.0 Å². The number of aromatic nitrogens is 1. The van der Waals surface area contributed by atoms with Gasteiger partial charge >= 0.3 is 0 Å². The number of carbonyl (C=O) groups excluding carboxylic acids is 1. The molecule has 0 aliphatic carbocycles. The highest BCUT2D eigenvalue weighted by molar-refractivity contribution is 5.92. The van der Waals surface area contributed by atoms with Crippen molar-refractivity contribution >= 4 is 17.8 Å². The second-order valence-corrected chi connectivity index (χ2v) is 10.9. The lowest BCUT2D eigenvalue weighted by Gasteiger charge is -2.34. The normalized spacial score (nSPS) is 13.3. The summed E-state index contributed by atoms with van der Waals surface area (Å²) >= 11 is 0. The molecule has 0 radical (unpaired) electrons. The predicted molar refractivity (Wildman–Crippen MR) is 172 cm³/mol. The Kier molecular flexibility index (Phi) is 9.96. The van der Waals surface area contributed by atoms with Gasteiger partial charge in [-0.2, -0.15) is 10.5 Å². The summed E-state index contributed by atoms with van der Waals surface area (Å²) < 4.78 is 20.0. The van der Waals surface area contributed by atoms with Crippen LogP contribution in [0.15, 0.2) is 66.9 Å². The van der Waals surface area contributed by atoms with Crippen LogP contribution >= 0.6 is 0 Å². The van der Waals surface area contributed by atoms with Gasteiger partial charge in [0.25, 0.3) is 5.91 Å². The monoisotopic (exact) mass is 634 g/mol. The quantitative estimate of drug-likeness (QED) is 0.0730. The molecule has 1 saturated heterocycles. The van der Waals surface area contributed by atoms with Gasteiger partial charge in [-0.05, 0) is 53.8 Å². The van der Waals surface area contributed by atoms with Crippen LogP contribution in [0.5, 0.6) is 17.2 Å². The Morgan fingerprint density at radius 1 is 1.06 bits per heavy atom. The standard InChI is InChI=1S/C35H31FN6O5/c1-47-32-16-30(43)26(15-31(32)44)28-20-40-35(27(18-38)34(28)23-7-8-24(17-37)29(36)14-23)42-12-10-25(11-13-42)39-19-22-4-2-21(3-5-22)6-9-33(45)41-46/h2-9,14-16,20,25,39,43-44,46H,10-13,19H2,1H3,(H,41,45)/b9-6+. The van der Waals surface area contributed by atoms with Gasteiger partial charge in [0, 0.05) is 60.7 Å². The minimum atomic E-state index is -0.757. The van der Waals surface area contributed by atoms with E-state index in [-0.39, 0.29) is 40.0 Å². The van der Waals surface area contributed by atoms with Gasteiger partial charge in [0.2, 0.25) is 0 Å². The molecule has 0 saturated carbocycles. The lowest BCUT2D eigenvalue weighted by Crippen LogP contribution is -2.42. The van der Waals surface area contributed by atoms with Gasteiger partial charge < -0.3 is 25.2 Å². The van der Waals surface area contributed by atoms with Crippen molar-refractivity contribution in [2.75, 3.05) is 25.1 Å². The van der Waals surface area contributed by atoms with Crippen LogP contribution in [-0.4, -0.2) is 52.6 Å². The summed E-state index contributed by atoms with van der Waals surface area (Å²) in [5.41, 5.74) is 4.52. The number of benzene rings is 3.